The Morgan fingerprint density at radius 2 is 1.68 bits per heavy atom. The van der Waals surface area contributed by atoms with Gasteiger partial charge < -0.3 is 10.5 Å². The van der Waals surface area contributed by atoms with E-state index < -0.39 is 0 Å². The zero-order valence-electron chi connectivity index (χ0n) is 12.7. The maximum absolute atomic E-state index is 5.99. The third kappa shape index (κ3) is 2.63. The minimum atomic E-state index is 0.569. The van der Waals surface area contributed by atoms with Crippen LogP contribution in [0.5, 0.6) is 5.75 Å². The van der Waals surface area contributed by atoms with Crippen LogP contribution in [-0.4, -0.2) is 21.6 Å². The van der Waals surface area contributed by atoms with E-state index in [4.69, 9.17) is 10.5 Å². The number of nitrogen functional groups attached to an aromatic ring is 1. The van der Waals surface area contributed by atoms with Crippen LogP contribution >= 0.6 is 22.6 Å². The number of anilines is 1. The number of fused-ring (bicyclic) bond motifs is 1. The highest BCUT2D eigenvalue weighted by Gasteiger charge is 2.11. The summed E-state index contributed by atoms with van der Waals surface area (Å²) in [6.07, 6.45) is 0. The number of nitrogens with two attached hydrogens (primary N) is 1. The van der Waals surface area contributed by atoms with Crippen molar-refractivity contribution < 1.29 is 4.74 Å². The molecule has 0 aliphatic heterocycles. The number of halogens is 1. The first-order valence-electron chi connectivity index (χ1n) is 7.06. The summed E-state index contributed by atoms with van der Waals surface area (Å²) < 4.78 is 6.78. The second-order valence-electron chi connectivity index (χ2n) is 5.19. The van der Waals surface area contributed by atoms with Gasteiger partial charge in [0.25, 0.3) is 0 Å². The van der Waals surface area contributed by atoms with E-state index in [0.717, 1.165) is 16.7 Å². The van der Waals surface area contributed by atoms with Gasteiger partial charge in [-0.1, -0.05) is 0 Å². The first-order chi connectivity index (χ1) is 10.5. The average Bonchev–Trinajstić information content (AvgIpc) is 2.87. The van der Waals surface area contributed by atoms with Gasteiger partial charge in [-0.05, 0) is 72.7 Å². The second-order valence-corrected chi connectivity index (χ2v) is 6.27. The molecule has 6 heteroatoms. The van der Waals surface area contributed by atoms with Crippen LogP contribution in [0.4, 0.5) is 5.69 Å². The van der Waals surface area contributed by atoms with Gasteiger partial charge in [0.15, 0.2) is 0 Å². The molecule has 0 aliphatic carbocycles. The molecule has 2 aromatic carbocycles. The van der Waals surface area contributed by atoms with Gasteiger partial charge in [-0.15, -0.1) is 10.2 Å². The van der Waals surface area contributed by atoms with Gasteiger partial charge in [0.2, 0.25) is 0 Å². The minimum absolute atomic E-state index is 0.569. The summed E-state index contributed by atoms with van der Waals surface area (Å²) in [5, 5.41) is 9.07. The first kappa shape index (κ1) is 15.1. The second kappa shape index (κ2) is 5.75. The highest BCUT2D eigenvalue weighted by Crippen LogP contribution is 2.27. The molecule has 0 saturated heterocycles. The Morgan fingerprint density at radius 3 is 2.27 bits per heavy atom. The lowest BCUT2D eigenvalue weighted by Gasteiger charge is -2.06. The van der Waals surface area contributed by atoms with E-state index in [1.165, 1.54) is 14.7 Å². The number of hydrogen-bond acceptors (Lipinski definition) is 4. The van der Waals surface area contributed by atoms with Gasteiger partial charge in [0.05, 0.1) is 18.0 Å². The molecule has 5 nitrogen and oxygen atoms in total. The van der Waals surface area contributed by atoms with E-state index >= 15 is 0 Å². The summed E-state index contributed by atoms with van der Waals surface area (Å²) >= 11 is 2.35. The number of aromatic nitrogens is 3. The lowest BCUT2D eigenvalue weighted by molar-refractivity contribution is 0.342. The van der Waals surface area contributed by atoms with Crippen molar-refractivity contribution in [2.75, 3.05) is 12.3 Å². The maximum atomic E-state index is 5.99. The molecule has 0 unspecified atom stereocenters. The van der Waals surface area contributed by atoms with Crippen molar-refractivity contribution in [1.82, 2.24) is 15.0 Å². The summed E-state index contributed by atoms with van der Waals surface area (Å²) in [4.78, 5) is 1.65. The third-order valence-electron chi connectivity index (χ3n) is 3.46. The van der Waals surface area contributed by atoms with E-state index in [1.807, 2.05) is 13.0 Å². The summed E-state index contributed by atoms with van der Waals surface area (Å²) in [6, 6.07) is 7.81. The van der Waals surface area contributed by atoms with E-state index in [0.29, 0.717) is 18.0 Å². The highest BCUT2D eigenvalue weighted by molar-refractivity contribution is 14.1. The normalized spacial score (nSPS) is 11.1. The molecule has 0 saturated carbocycles. The number of nitrogens with zero attached hydrogens (tertiary/aromatic N) is 3. The topological polar surface area (TPSA) is 66.0 Å². The van der Waals surface area contributed by atoms with Crippen LogP contribution in [0.25, 0.3) is 16.7 Å². The lowest BCUT2D eigenvalue weighted by atomic mass is 10.1. The van der Waals surface area contributed by atoms with Gasteiger partial charge in [-0.25, -0.2) is 0 Å². The standard InChI is InChI=1S/C16H17IN4O/c1-4-22-15-8-14-13(7-12(15)18)19-21(20-14)11-5-9(2)16(17)10(3)6-11/h5-8H,4,18H2,1-3H3. The third-order valence-corrected chi connectivity index (χ3v) is 5.17. The maximum Gasteiger partial charge on any atom is 0.144 e. The van der Waals surface area contributed by atoms with Crippen LogP contribution in [0.1, 0.15) is 18.1 Å². The van der Waals surface area contributed by atoms with Crippen LogP contribution in [0.15, 0.2) is 24.3 Å². The molecule has 0 spiro atoms. The van der Waals surface area contributed by atoms with Crippen LogP contribution < -0.4 is 10.5 Å². The molecule has 3 rings (SSSR count). The lowest BCUT2D eigenvalue weighted by Crippen LogP contribution is -2.01. The van der Waals surface area contributed by atoms with Crippen molar-refractivity contribution in [3.05, 3.63) is 39.0 Å². The molecule has 0 bridgehead atoms. The number of benzene rings is 2. The molecule has 0 amide bonds. The molecule has 0 atom stereocenters. The molecule has 22 heavy (non-hydrogen) atoms. The number of hydrogen-bond donors (Lipinski definition) is 1. The van der Waals surface area contributed by atoms with E-state index in [1.54, 1.807) is 10.9 Å². The van der Waals surface area contributed by atoms with E-state index in [-0.39, 0.29) is 0 Å². The van der Waals surface area contributed by atoms with Crippen molar-refractivity contribution in [2.45, 2.75) is 20.8 Å². The number of ether oxygens (including phenoxy) is 1. The molecule has 114 valence electrons. The van der Waals surface area contributed by atoms with Gasteiger partial charge in [0, 0.05) is 9.64 Å². The molecule has 0 radical (unpaired) electrons. The molecule has 0 aliphatic rings. The van der Waals surface area contributed by atoms with Gasteiger partial charge in [0.1, 0.15) is 16.8 Å². The Balaban J connectivity index is 2.12. The van der Waals surface area contributed by atoms with Crippen molar-refractivity contribution in [3.8, 4) is 11.4 Å². The Hall–Kier alpha value is -1.83. The molecule has 3 aromatic rings. The fourth-order valence-electron chi connectivity index (χ4n) is 2.39. The Bertz CT molecular complexity index is 834. The molecule has 0 fully saturated rings. The predicted molar refractivity (Wildman–Crippen MR) is 96.6 cm³/mol. The van der Waals surface area contributed by atoms with Crippen LogP contribution in [0.3, 0.4) is 0 Å². The van der Waals surface area contributed by atoms with Gasteiger partial charge in [-0.3, -0.25) is 0 Å². The zero-order chi connectivity index (χ0) is 15.9. The summed E-state index contributed by atoms with van der Waals surface area (Å²) in [7, 11) is 0. The number of rotatable bonds is 3. The summed E-state index contributed by atoms with van der Waals surface area (Å²) in [5.74, 6) is 0.650. The monoisotopic (exact) mass is 408 g/mol. The Labute approximate surface area is 142 Å². The van der Waals surface area contributed by atoms with Crippen molar-refractivity contribution in [2.24, 2.45) is 0 Å². The van der Waals surface area contributed by atoms with Crippen LogP contribution in [0, 0.1) is 17.4 Å². The Morgan fingerprint density at radius 1 is 1.09 bits per heavy atom. The molecular weight excluding hydrogens is 391 g/mol. The van der Waals surface area contributed by atoms with Gasteiger partial charge >= 0.3 is 0 Å². The number of aryl methyl sites for hydroxylation is 2. The van der Waals surface area contributed by atoms with Gasteiger partial charge in [-0.2, -0.15) is 4.80 Å². The smallest absolute Gasteiger partial charge is 0.144 e. The SMILES string of the molecule is CCOc1cc2nn(-c3cc(C)c(I)c(C)c3)nc2cc1N. The largest absolute Gasteiger partial charge is 0.492 e. The van der Waals surface area contributed by atoms with Crippen LogP contribution in [-0.2, 0) is 0 Å². The van der Waals surface area contributed by atoms with E-state index in [9.17, 15) is 0 Å². The van der Waals surface area contributed by atoms with Crippen molar-refractivity contribution >= 4 is 39.3 Å². The predicted octanol–water partition coefficient (Wildman–Crippen LogP) is 3.62. The first-order valence-corrected chi connectivity index (χ1v) is 8.14. The van der Waals surface area contributed by atoms with Crippen molar-refractivity contribution in [3.63, 3.8) is 0 Å². The minimum Gasteiger partial charge on any atom is -0.492 e. The fraction of sp³-hybridized carbons (Fsp3) is 0.250. The highest BCUT2D eigenvalue weighted by atomic mass is 127. The average molecular weight is 408 g/mol. The van der Waals surface area contributed by atoms with E-state index in [2.05, 4.69) is 58.8 Å². The molecule has 1 aromatic heterocycles. The summed E-state index contributed by atoms with van der Waals surface area (Å²) in [6.45, 7) is 6.68. The fourth-order valence-corrected chi connectivity index (χ4v) is 2.71. The van der Waals surface area contributed by atoms with Crippen LogP contribution in [0.2, 0.25) is 0 Å². The summed E-state index contributed by atoms with van der Waals surface area (Å²) in [5.41, 5.74) is 11.5. The zero-order valence-corrected chi connectivity index (χ0v) is 14.9. The quantitative estimate of drug-likeness (QED) is 0.531. The van der Waals surface area contributed by atoms with Crippen molar-refractivity contribution in [1.29, 1.82) is 0 Å². The Kier molecular flexibility index (Phi) is 3.94. The molecule has 1 heterocycles. The molecular formula is C16H17IN4O. The molecule has 2 N–H and O–H groups in total.